The molecule has 0 radical (unpaired) electrons. The van der Waals surface area contributed by atoms with E-state index in [1.54, 1.807) is 0 Å². The maximum atomic E-state index is 13.2. The summed E-state index contributed by atoms with van der Waals surface area (Å²) in [7, 11) is -4.00. The van der Waals surface area contributed by atoms with Crippen LogP contribution in [0.4, 0.5) is 13.2 Å². The second kappa shape index (κ2) is 6.33. The zero-order chi connectivity index (χ0) is 13.8. The monoisotopic (exact) mass is 280 g/mol. The van der Waals surface area contributed by atoms with Crippen molar-refractivity contribution < 1.29 is 27.6 Å². The number of hydrogen-bond donors (Lipinski definition) is 3. The molecule has 0 aliphatic heterocycles. The molecule has 0 aliphatic carbocycles. The van der Waals surface area contributed by atoms with E-state index < -0.39 is 26.3 Å². The largest absolute Gasteiger partial charge is 0.492 e. The van der Waals surface area contributed by atoms with Gasteiger partial charge in [-0.2, -0.15) is 0 Å². The quantitative estimate of drug-likeness (QED) is 0.422. The summed E-state index contributed by atoms with van der Waals surface area (Å²) < 4.78 is 38.7. The van der Waals surface area contributed by atoms with E-state index in [1.165, 1.54) is 0 Å². The molecule has 3 nitrogen and oxygen atoms in total. The van der Waals surface area contributed by atoms with Crippen LogP contribution in [0, 0.1) is 17.5 Å². The molecule has 18 heavy (non-hydrogen) atoms. The van der Waals surface area contributed by atoms with Gasteiger partial charge in [-0.15, -0.1) is 0 Å². The highest BCUT2D eigenvalue weighted by molar-refractivity contribution is 6.56. The summed E-state index contributed by atoms with van der Waals surface area (Å²) in [5, 5.41) is 0. The predicted octanol–water partition coefficient (Wildman–Crippen LogP) is 1.73. The van der Waals surface area contributed by atoms with E-state index in [4.69, 9.17) is 14.4 Å². The molecule has 0 saturated heterocycles. The molecule has 7 heteroatoms. The lowest BCUT2D eigenvalue weighted by Crippen LogP contribution is -2.33. The molecule has 1 rings (SSSR count). The Kier molecular flexibility index (Phi) is 5.33. The summed E-state index contributed by atoms with van der Waals surface area (Å²) >= 11 is 0. The Labute approximate surface area is 104 Å². The molecule has 0 saturated carbocycles. The number of aryl methyl sites for hydroxylation is 1. The van der Waals surface area contributed by atoms with Crippen LogP contribution in [-0.2, 0) is 6.42 Å². The van der Waals surface area contributed by atoms with Crippen molar-refractivity contribution in [2.24, 2.45) is 0 Å². The van der Waals surface area contributed by atoms with Crippen LogP contribution in [0.1, 0.15) is 24.8 Å². The van der Waals surface area contributed by atoms with Gasteiger partial charge >= 0.3 is 8.80 Å². The Bertz CT molecular complexity index is 407. The first-order valence-corrected chi connectivity index (χ1v) is 7.65. The highest BCUT2D eigenvalue weighted by Gasteiger charge is 2.25. The van der Waals surface area contributed by atoms with Crippen LogP contribution in [0.2, 0.25) is 6.04 Å². The van der Waals surface area contributed by atoms with Crippen molar-refractivity contribution in [3.63, 3.8) is 0 Å². The summed E-state index contributed by atoms with van der Waals surface area (Å²) in [6.45, 7) is 0. The van der Waals surface area contributed by atoms with Crippen molar-refractivity contribution in [3.05, 3.63) is 35.1 Å². The summed E-state index contributed by atoms with van der Waals surface area (Å²) in [5.74, 6) is -3.09. The first-order valence-electron chi connectivity index (χ1n) is 5.60. The molecule has 102 valence electrons. The first-order chi connectivity index (χ1) is 8.29. The summed E-state index contributed by atoms with van der Waals surface area (Å²) in [4.78, 5) is 26.2. The topological polar surface area (TPSA) is 60.7 Å². The van der Waals surface area contributed by atoms with Crippen molar-refractivity contribution in [3.8, 4) is 0 Å². The number of rotatable bonds is 6. The van der Waals surface area contributed by atoms with Gasteiger partial charge in [-0.3, -0.25) is 0 Å². The SMILES string of the molecule is O[Si](O)(O)CCCCCc1cc(F)c(F)cc1F. The maximum Gasteiger partial charge on any atom is 0.492 e. The highest BCUT2D eigenvalue weighted by Crippen LogP contribution is 2.17. The smallest absolute Gasteiger partial charge is 0.390 e. The molecule has 0 aliphatic rings. The van der Waals surface area contributed by atoms with E-state index in [-0.39, 0.29) is 18.0 Å². The average molecular weight is 280 g/mol. The summed E-state index contributed by atoms with van der Waals surface area (Å²) in [5.41, 5.74) is 0.0920. The van der Waals surface area contributed by atoms with Crippen LogP contribution in [0.3, 0.4) is 0 Å². The fraction of sp³-hybridized carbons (Fsp3) is 0.455. The van der Waals surface area contributed by atoms with Gasteiger partial charge < -0.3 is 14.4 Å². The number of unbranched alkanes of at least 4 members (excludes halogenated alkanes) is 2. The van der Waals surface area contributed by atoms with Gasteiger partial charge in [0.2, 0.25) is 0 Å². The van der Waals surface area contributed by atoms with Gasteiger partial charge in [-0.1, -0.05) is 6.42 Å². The molecular weight excluding hydrogens is 265 g/mol. The summed E-state index contributed by atoms with van der Waals surface area (Å²) in [6, 6.07) is 1.26. The maximum absolute atomic E-state index is 13.2. The lowest BCUT2D eigenvalue weighted by molar-refractivity contribution is 0.226. The van der Waals surface area contributed by atoms with Gasteiger partial charge in [0.1, 0.15) is 5.82 Å². The molecule has 0 spiro atoms. The molecule has 3 N–H and O–H groups in total. The molecule has 0 aromatic heterocycles. The molecule has 1 aromatic carbocycles. The molecule has 0 amide bonds. The van der Waals surface area contributed by atoms with Gasteiger partial charge in [0, 0.05) is 12.1 Å². The lowest BCUT2D eigenvalue weighted by atomic mass is 10.1. The Morgan fingerprint density at radius 2 is 1.44 bits per heavy atom. The van der Waals surface area contributed by atoms with Gasteiger partial charge in [0.05, 0.1) is 0 Å². The Morgan fingerprint density at radius 1 is 0.833 bits per heavy atom. The molecular formula is C11H15F3O3Si. The van der Waals surface area contributed by atoms with Crippen LogP contribution in [0.25, 0.3) is 0 Å². The highest BCUT2D eigenvalue weighted by atomic mass is 28.4. The predicted molar refractivity (Wildman–Crippen MR) is 61.1 cm³/mol. The van der Waals surface area contributed by atoms with E-state index in [9.17, 15) is 13.2 Å². The molecule has 0 bridgehead atoms. The van der Waals surface area contributed by atoms with E-state index in [0.29, 0.717) is 25.3 Å². The van der Waals surface area contributed by atoms with Crippen LogP contribution in [-0.4, -0.2) is 23.2 Å². The van der Waals surface area contributed by atoms with E-state index in [2.05, 4.69) is 0 Å². The van der Waals surface area contributed by atoms with Crippen LogP contribution < -0.4 is 0 Å². The van der Waals surface area contributed by atoms with E-state index in [1.807, 2.05) is 0 Å². The standard InChI is InChI=1S/C11H15F3O3Si/c12-9-7-11(14)10(13)6-8(9)4-2-1-3-5-18(15,16)17/h6-7,15-17H,1-5H2. The fourth-order valence-corrected chi connectivity index (χ4v) is 2.33. The van der Waals surface area contributed by atoms with Crippen LogP contribution in [0.5, 0.6) is 0 Å². The zero-order valence-electron chi connectivity index (χ0n) is 9.67. The Hall–Kier alpha value is -0.893. The average Bonchev–Trinajstić information content (AvgIpc) is 2.23. The van der Waals surface area contributed by atoms with Crippen molar-refractivity contribution in [2.45, 2.75) is 31.7 Å². The third-order valence-electron chi connectivity index (χ3n) is 2.55. The van der Waals surface area contributed by atoms with Gasteiger partial charge in [-0.25, -0.2) is 13.2 Å². The second-order valence-electron chi connectivity index (χ2n) is 4.19. The van der Waals surface area contributed by atoms with Crippen molar-refractivity contribution >= 4 is 8.80 Å². The number of halogens is 3. The first kappa shape index (κ1) is 15.2. The van der Waals surface area contributed by atoms with Gasteiger partial charge in [0.15, 0.2) is 11.6 Å². The Balaban J connectivity index is 2.38. The fourth-order valence-electron chi connectivity index (χ4n) is 1.61. The number of benzene rings is 1. The molecule has 0 unspecified atom stereocenters. The van der Waals surface area contributed by atoms with Gasteiger partial charge in [-0.05, 0) is 30.9 Å². The minimum Gasteiger partial charge on any atom is -0.390 e. The normalized spacial score (nSPS) is 11.9. The molecule has 0 fully saturated rings. The van der Waals surface area contributed by atoms with Crippen LogP contribution in [0.15, 0.2) is 12.1 Å². The Morgan fingerprint density at radius 3 is 2.06 bits per heavy atom. The lowest BCUT2D eigenvalue weighted by Gasteiger charge is -2.08. The van der Waals surface area contributed by atoms with E-state index in [0.717, 1.165) is 6.07 Å². The van der Waals surface area contributed by atoms with Gasteiger partial charge in [0.25, 0.3) is 0 Å². The van der Waals surface area contributed by atoms with Crippen molar-refractivity contribution in [1.82, 2.24) is 0 Å². The zero-order valence-corrected chi connectivity index (χ0v) is 10.7. The summed E-state index contributed by atoms with van der Waals surface area (Å²) in [6.07, 6.45) is 1.65. The third kappa shape index (κ3) is 5.17. The second-order valence-corrected chi connectivity index (χ2v) is 6.24. The minimum absolute atomic E-state index is 0.0761. The van der Waals surface area contributed by atoms with Crippen molar-refractivity contribution in [1.29, 1.82) is 0 Å². The van der Waals surface area contributed by atoms with Crippen molar-refractivity contribution in [2.75, 3.05) is 0 Å². The molecule has 1 aromatic rings. The third-order valence-corrected chi connectivity index (χ3v) is 3.57. The molecule has 0 atom stereocenters. The molecule has 0 heterocycles. The minimum atomic E-state index is -4.00. The van der Waals surface area contributed by atoms with E-state index >= 15 is 0 Å². The number of hydrogen-bond acceptors (Lipinski definition) is 3. The van der Waals surface area contributed by atoms with Crippen LogP contribution >= 0.6 is 0 Å².